The SMILES string of the molecule is CC(C)(C)OC(=O)N1CC(Nc2ccc(Br)cc2[N+](=O)[O-])CC1CO. The number of likely N-dealkylation sites (tertiary alicyclic amines) is 1. The molecule has 138 valence electrons. The van der Waals surface area contributed by atoms with E-state index in [1.807, 2.05) is 0 Å². The van der Waals surface area contributed by atoms with Crippen molar-refractivity contribution < 1.29 is 19.6 Å². The summed E-state index contributed by atoms with van der Waals surface area (Å²) in [6.45, 7) is 5.43. The van der Waals surface area contributed by atoms with Gasteiger partial charge in [0.1, 0.15) is 11.3 Å². The number of aliphatic hydroxyl groups excluding tert-OH is 1. The number of ether oxygens (including phenoxy) is 1. The van der Waals surface area contributed by atoms with Crippen LogP contribution in [0, 0.1) is 10.1 Å². The number of hydrogen-bond acceptors (Lipinski definition) is 6. The Morgan fingerprint density at radius 2 is 2.20 bits per heavy atom. The number of nitro groups is 1. The number of amides is 1. The van der Waals surface area contributed by atoms with Crippen LogP contribution in [-0.2, 0) is 4.74 Å². The van der Waals surface area contributed by atoms with E-state index < -0.39 is 16.6 Å². The predicted octanol–water partition coefficient (Wildman–Crippen LogP) is 3.14. The second kappa shape index (κ2) is 7.57. The van der Waals surface area contributed by atoms with E-state index in [4.69, 9.17) is 4.74 Å². The molecule has 2 unspecified atom stereocenters. The van der Waals surface area contributed by atoms with Crippen LogP contribution in [0.25, 0.3) is 0 Å². The summed E-state index contributed by atoms with van der Waals surface area (Å²) < 4.78 is 5.97. The molecule has 0 saturated carbocycles. The fourth-order valence-electron chi connectivity index (χ4n) is 2.74. The van der Waals surface area contributed by atoms with Gasteiger partial charge in [0.2, 0.25) is 0 Å². The molecule has 2 N–H and O–H groups in total. The molecule has 0 spiro atoms. The minimum atomic E-state index is -0.632. The van der Waals surface area contributed by atoms with Crippen LogP contribution >= 0.6 is 15.9 Å². The van der Waals surface area contributed by atoms with Gasteiger partial charge in [0.25, 0.3) is 5.69 Å². The highest BCUT2D eigenvalue weighted by Crippen LogP contribution is 2.31. The molecule has 8 nitrogen and oxygen atoms in total. The minimum absolute atomic E-state index is 0.0503. The lowest BCUT2D eigenvalue weighted by Gasteiger charge is -2.27. The van der Waals surface area contributed by atoms with E-state index in [9.17, 15) is 20.0 Å². The molecule has 0 aromatic heterocycles. The lowest BCUT2D eigenvalue weighted by molar-refractivity contribution is -0.384. The van der Waals surface area contributed by atoms with Gasteiger partial charge in [0.15, 0.2) is 0 Å². The van der Waals surface area contributed by atoms with Gasteiger partial charge in [-0.05, 0) is 39.3 Å². The Morgan fingerprint density at radius 3 is 2.76 bits per heavy atom. The molecule has 1 aromatic rings. The second-order valence-electron chi connectivity index (χ2n) is 6.96. The van der Waals surface area contributed by atoms with Crippen LogP contribution in [-0.4, -0.2) is 51.9 Å². The maximum absolute atomic E-state index is 12.3. The Balaban J connectivity index is 2.13. The highest BCUT2D eigenvalue weighted by molar-refractivity contribution is 9.10. The molecule has 1 heterocycles. The van der Waals surface area contributed by atoms with Gasteiger partial charge in [-0.1, -0.05) is 15.9 Å². The fraction of sp³-hybridized carbons (Fsp3) is 0.562. The third kappa shape index (κ3) is 5.05. The van der Waals surface area contributed by atoms with Crippen molar-refractivity contribution in [2.45, 2.75) is 44.9 Å². The quantitative estimate of drug-likeness (QED) is 0.577. The number of nitrogens with zero attached hydrogens (tertiary/aromatic N) is 2. The number of rotatable bonds is 4. The predicted molar refractivity (Wildman–Crippen MR) is 96.6 cm³/mol. The maximum atomic E-state index is 12.3. The average molecular weight is 416 g/mol. The lowest BCUT2D eigenvalue weighted by Crippen LogP contribution is -2.41. The van der Waals surface area contributed by atoms with Crippen molar-refractivity contribution in [1.29, 1.82) is 0 Å². The molecule has 25 heavy (non-hydrogen) atoms. The first kappa shape index (κ1) is 19.5. The number of nitrogens with one attached hydrogen (secondary N) is 1. The number of carbonyl (C=O) groups excluding carboxylic acids is 1. The van der Waals surface area contributed by atoms with E-state index >= 15 is 0 Å². The molecule has 0 aliphatic carbocycles. The molecule has 0 bridgehead atoms. The molecular weight excluding hydrogens is 394 g/mol. The number of hydrogen-bond donors (Lipinski definition) is 2. The Bertz CT molecular complexity index is 662. The summed E-state index contributed by atoms with van der Waals surface area (Å²) in [5, 5.41) is 23.9. The van der Waals surface area contributed by atoms with Crippen LogP contribution in [0.1, 0.15) is 27.2 Å². The highest BCUT2D eigenvalue weighted by Gasteiger charge is 2.37. The van der Waals surface area contributed by atoms with Gasteiger partial charge in [0.05, 0.1) is 17.6 Å². The van der Waals surface area contributed by atoms with Gasteiger partial charge in [-0.25, -0.2) is 4.79 Å². The Morgan fingerprint density at radius 1 is 1.52 bits per heavy atom. The molecule has 1 fully saturated rings. The summed E-state index contributed by atoms with van der Waals surface area (Å²) in [4.78, 5) is 24.5. The topological polar surface area (TPSA) is 105 Å². The number of benzene rings is 1. The van der Waals surface area contributed by atoms with Crippen molar-refractivity contribution in [3.63, 3.8) is 0 Å². The maximum Gasteiger partial charge on any atom is 0.410 e. The summed E-state index contributed by atoms with van der Waals surface area (Å²) >= 11 is 3.22. The standard InChI is InChI=1S/C16H22BrN3O5/c1-16(2,3)25-15(22)19-8-11(7-12(19)9-21)18-13-5-4-10(17)6-14(13)20(23)24/h4-6,11-12,18,21H,7-9H2,1-3H3. The van der Waals surface area contributed by atoms with Gasteiger partial charge in [-0.2, -0.15) is 0 Å². The smallest absolute Gasteiger partial charge is 0.410 e. The molecule has 1 aromatic carbocycles. The average Bonchev–Trinajstić information content (AvgIpc) is 2.90. The number of carbonyl (C=O) groups is 1. The third-order valence-electron chi connectivity index (χ3n) is 3.77. The molecule has 1 saturated heterocycles. The monoisotopic (exact) mass is 415 g/mol. The van der Waals surface area contributed by atoms with Gasteiger partial charge >= 0.3 is 6.09 Å². The largest absolute Gasteiger partial charge is 0.444 e. The number of nitro benzene ring substituents is 1. The van der Waals surface area contributed by atoms with E-state index in [-0.39, 0.29) is 24.4 Å². The first-order chi connectivity index (χ1) is 11.6. The van der Waals surface area contributed by atoms with Crippen LogP contribution in [0.4, 0.5) is 16.2 Å². The van der Waals surface area contributed by atoms with Crippen molar-refractivity contribution in [2.24, 2.45) is 0 Å². The first-order valence-electron chi connectivity index (χ1n) is 7.91. The van der Waals surface area contributed by atoms with Crippen molar-refractivity contribution >= 4 is 33.4 Å². The van der Waals surface area contributed by atoms with E-state index in [0.717, 1.165) is 0 Å². The molecule has 9 heteroatoms. The number of halogens is 1. The Labute approximate surface area is 154 Å². The van der Waals surface area contributed by atoms with Crippen molar-refractivity contribution in [2.75, 3.05) is 18.5 Å². The molecular formula is C16H22BrN3O5. The zero-order chi connectivity index (χ0) is 18.8. The second-order valence-corrected chi connectivity index (χ2v) is 7.88. The van der Waals surface area contributed by atoms with Gasteiger partial charge < -0.3 is 20.1 Å². The molecule has 1 aliphatic heterocycles. The van der Waals surface area contributed by atoms with E-state index in [1.54, 1.807) is 32.9 Å². The highest BCUT2D eigenvalue weighted by atomic mass is 79.9. The van der Waals surface area contributed by atoms with Crippen molar-refractivity contribution in [3.8, 4) is 0 Å². The van der Waals surface area contributed by atoms with Crippen molar-refractivity contribution in [1.82, 2.24) is 4.90 Å². The zero-order valence-corrected chi connectivity index (χ0v) is 15.9. The minimum Gasteiger partial charge on any atom is -0.444 e. The van der Waals surface area contributed by atoms with Crippen LogP contribution in [0.15, 0.2) is 22.7 Å². The number of aliphatic hydroxyl groups is 1. The summed E-state index contributed by atoms with van der Waals surface area (Å²) in [6.07, 6.45) is -0.0238. The molecule has 2 atom stereocenters. The third-order valence-corrected chi connectivity index (χ3v) is 4.26. The molecule has 2 rings (SSSR count). The Hall–Kier alpha value is -1.87. The number of anilines is 1. The summed E-state index contributed by atoms with van der Waals surface area (Å²) in [5.74, 6) is 0. The van der Waals surface area contributed by atoms with E-state index in [1.165, 1.54) is 11.0 Å². The zero-order valence-electron chi connectivity index (χ0n) is 14.4. The fourth-order valence-corrected chi connectivity index (χ4v) is 3.09. The normalized spacial score (nSPS) is 20.4. The Kier molecular flexibility index (Phi) is 5.89. The first-order valence-corrected chi connectivity index (χ1v) is 8.71. The van der Waals surface area contributed by atoms with Gasteiger partial charge in [-0.15, -0.1) is 0 Å². The van der Waals surface area contributed by atoms with Crippen molar-refractivity contribution in [3.05, 3.63) is 32.8 Å². The molecule has 1 amide bonds. The molecule has 0 radical (unpaired) electrons. The molecule has 1 aliphatic rings. The van der Waals surface area contributed by atoms with E-state index in [0.29, 0.717) is 23.1 Å². The summed E-state index contributed by atoms with van der Waals surface area (Å²) in [5.41, 5.74) is -0.306. The summed E-state index contributed by atoms with van der Waals surface area (Å²) in [6, 6.07) is 4.14. The van der Waals surface area contributed by atoms with Gasteiger partial charge in [-0.3, -0.25) is 10.1 Å². The van der Waals surface area contributed by atoms with Crippen LogP contribution in [0.5, 0.6) is 0 Å². The summed E-state index contributed by atoms with van der Waals surface area (Å²) in [7, 11) is 0. The van der Waals surface area contributed by atoms with Crippen LogP contribution in [0.3, 0.4) is 0 Å². The van der Waals surface area contributed by atoms with Crippen LogP contribution in [0.2, 0.25) is 0 Å². The van der Waals surface area contributed by atoms with E-state index in [2.05, 4.69) is 21.2 Å². The van der Waals surface area contributed by atoms with Crippen LogP contribution < -0.4 is 5.32 Å². The lowest BCUT2D eigenvalue weighted by atomic mass is 10.1. The van der Waals surface area contributed by atoms with Gasteiger partial charge in [0, 0.05) is 23.1 Å².